The first-order chi connectivity index (χ1) is 29.0. The molecule has 0 radical (unpaired) electrons. The molecular weight excluding hydrogens is 733 g/mol. The number of carbonyl (C=O) groups is 3. The Labute approximate surface area is 366 Å². The Bertz CT molecular complexity index is 958. The summed E-state index contributed by atoms with van der Waals surface area (Å²) in [6.07, 6.45) is 54.5. The third-order valence-electron chi connectivity index (χ3n) is 11.5. The molecule has 0 aromatic heterocycles. The van der Waals surface area contributed by atoms with Crippen LogP contribution in [0.2, 0.25) is 0 Å². The Morgan fingerprint density at radius 1 is 0.339 bits per heavy atom. The largest absolute Gasteiger partial charge is 0.462 e. The van der Waals surface area contributed by atoms with Crippen LogP contribution >= 0.6 is 0 Å². The molecule has 0 aromatic rings. The molecule has 0 amide bonds. The van der Waals surface area contributed by atoms with E-state index in [2.05, 4.69) is 45.1 Å². The van der Waals surface area contributed by atoms with E-state index in [-0.39, 0.29) is 31.1 Å². The first kappa shape index (κ1) is 56.9. The Hall–Kier alpha value is -2.11. The Morgan fingerprint density at radius 3 is 0.949 bits per heavy atom. The van der Waals surface area contributed by atoms with E-state index in [4.69, 9.17) is 14.2 Å². The van der Waals surface area contributed by atoms with Crippen molar-refractivity contribution in [3.63, 3.8) is 0 Å². The van der Waals surface area contributed by atoms with Crippen molar-refractivity contribution in [1.29, 1.82) is 0 Å². The number of carbonyl (C=O) groups excluding carboxylic acids is 3. The van der Waals surface area contributed by atoms with Gasteiger partial charge in [-0.25, -0.2) is 0 Å². The molecule has 59 heavy (non-hydrogen) atoms. The van der Waals surface area contributed by atoms with Gasteiger partial charge in [0.05, 0.1) is 0 Å². The number of unbranched alkanes of at least 4 members (excludes halogenated alkanes) is 32. The fourth-order valence-corrected chi connectivity index (χ4v) is 7.53. The van der Waals surface area contributed by atoms with Crippen molar-refractivity contribution in [3.8, 4) is 0 Å². The predicted molar refractivity (Wildman–Crippen MR) is 252 cm³/mol. The molecule has 0 saturated heterocycles. The van der Waals surface area contributed by atoms with Crippen LogP contribution in [0.4, 0.5) is 0 Å². The topological polar surface area (TPSA) is 78.9 Å². The molecule has 0 aliphatic heterocycles. The van der Waals surface area contributed by atoms with Crippen molar-refractivity contribution in [2.24, 2.45) is 0 Å². The summed E-state index contributed by atoms with van der Waals surface area (Å²) in [5.41, 5.74) is 0. The quantitative estimate of drug-likeness (QED) is 0.0263. The second kappa shape index (κ2) is 48.6. The van der Waals surface area contributed by atoms with E-state index in [0.29, 0.717) is 19.3 Å². The van der Waals surface area contributed by atoms with Crippen LogP contribution in [-0.4, -0.2) is 37.2 Å². The summed E-state index contributed by atoms with van der Waals surface area (Å²) in [4.78, 5) is 37.8. The fraction of sp³-hybridized carbons (Fsp3) is 0.868. The minimum atomic E-state index is -0.767. The molecule has 1 unspecified atom stereocenters. The number of allylic oxidation sites excluding steroid dienone is 4. The average molecular weight is 831 g/mol. The zero-order valence-electron chi connectivity index (χ0n) is 39.5. The highest BCUT2D eigenvalue weighted by molar-refractivity contribution is 5.71. The highest BCUT2D eigenvalue weighted by Gasteiger charge is 2.19. The summed E-state index contributed by atoms with van der Waals surface area (Å²) in [7, 11) is 0. The lowest BCUT2D eigenvalue weighted by Crippen LogP contribution is -2.30. The van der Waals surface area contributed by atoms with E-state index in [1.807, 2.05) is 0 Å². The smallest absolute Gasteiger partial charge is 0.306 e. The SMILES string of the molecule is CCCCCC/C=C\C/C=C\CCCCCCCCCC(=O)OCC(COC(=O)CCCCCCCCCC)OC(=O)CCCCCCCCCCCCCCCCC. The summed E-state index contributed by atoms with van der Waals surface area (Å²) < 4.78 is 16.8. The monoisotopic (exact) mass is 831 g/mol. The lowest BCUT2D eigenvalue weighted by Gasteiger charge is -2.18. The Kier molecular flexibility index (Phi) is 46.8. The zero-order valence-corrected chi connectivity index (χ0v) is 39.5. The highest BCUT2D eigenvalue weighted by Crippen LogP contribution is 2.16. The maximum absolute atomic E-state index is 12.8. The summed E-state index contributed by atoms with van der Waals surface area (Å²) in [5.74, 6) is -0.869. The summed E-state index contributed by atoms with van der Waals surface area (Å²) in [5, 5.41) is 0. The van der Waals surface area contributed by atoms with Gasteiger partial charge in [-0.15, -0.1) is 0 Å². The van der Waals surface area contributed by atoms with E-state index >= 15 is 0 Å². The van der Waals surface area contributed by atoms with Crippen molar-refractivity contribution in [3.05, 3.63) is 24.3 Å². The van der Waals surface area contributed by atoms with E-state index < -0.39 is 6.10 Å². The minimum Gasteiger partial charge on any atom is -0.462 e. The van der Waals surface area contributed by atoms with Crippen molar-refractivity contribution >= 4 is 17.9 Å². The van der Waals surface area contributed by atoms with Gasteiger partial charge in [-0.1, -0.05) is 231 Å². The molecule has 0 aliphatic rings. The van der Waals surface area contributed by atoms with Crippen LogP contribution in [0.15, 0.2) is 24.3 Å². The molecule has 1 atom stereocenters. The van der Waals surface area contributed by atoms with Gasteiger partial charge >= 0.3 is 17.9 Å². The van der Waals surface area contributed by atoms with Gasteiger partial charge in [0, 0.05) is 19.3 Å². The average Bonchev–Trinajstić information content (AvgIpc) is 3.23. The third kappa shape index (κ3) is 46.8. The second-order valence-corrected chi connectivity index (χ2v) is 17.4. The maximum Gasteiger partial charge on any atom is 0.306 e. The van der Waals surface area contributed by atoms with Crippen LogP contribution in [-0.2, 0) is 28.6 Å². The summed E-state index contributed by atoms with van der Waals surface area (Å²) in [6, 6.07) is 0. The van der Waals surface area contributed by atoms with Crippen LogP contribution in [0, 0.1) is 0 Å². The van der Waals surface area contributed by atoms with E-state index in [0.717, 1.165) is 70.6 Å². The molecule has 0 aromatic carbocycles. The summed E-state index contributed by atoms with van der Waals surface area (Å²) >= 11 is 0. The molecule has 0 saturated carbocycles. The lowest BCUT2D eigenvalue weighted by atomic mass is 10.0. The number of ether oxygens (including phenoxy) is 3. The lowest BCUT2D eigenvalue weighted by molar-refractivity contribution is -0.167. The van der Waals surface area contributed by atoms with Gasteiger partial charge in [0.15, 0.2) is 6.10 Å². The van der Waals surface area contributed by atoms with E-state index in [1.54, 1.807) is 0 Å². The number of rotatable bonds is 47. The minimum absolute atomic E-state index is 0.0697. The van der Waals surface area contributed by atoms with Gasteiger partial charge in [0.25, 0.3) is 0 Å². The van der Waals surface area contributed by atoms with Crippen molar-refractivity contribution in [2.45, 2.75) is 284 Å². The van der Waals surface area contributed by atoms with Crippen molar-refractivity contribution in [2.75, 3.05) is 13.2 Å². The normalized spacial score (nSPS) is 12.1. The summed E-state index contributed by atoms with van der Waals surface area (Å²) in [6.45, 7) is 6.61. The van der Waals surface area contributed by atoms with Gasteiger partial charge < -0.3 is 14.2 Å². The Morgan fingerprint density at radius 2 is 0.610 bits per heavy atom. The zero-order chi connectivity index (χ0) is 43.0. The number of esters is 3. The van der Waals surface area contributed by atoms with E-state index in [1.165, 1.54) is 167 Å². The number of hydrogen-bond donors (Lipinski definition) is 0. The molecule has 0 fully saturated rings. The Balaban J connectivity index is 4.26. The van der Waals surface area contributed by atoms with E-state index in [9.17, 15) is 14.4 Å². The van der Waals surface area contributed by atoms with Crippen LogP contribution in [0.3, 0.4) is 0 Å². The fourth-order valence-electron chi connectivity index (χ4n) is 7.53. The molecule has 0 heterocycles. The van der Waals surface area contributed by atoms with Gasteiger partial charge in [0.2, 0.25) is 0 Å². The van der Waals surface area contributed by atoms with Crippen LogP contribution in [0.5, 0.6) is 0 Å². The molecule has 0 aliphatic carbocycles. The molecule has 0 N–H and O–H groups in total. The maximum atomic E-state index is 12.8. The van der Waals surface area contributed by atoms with Crippen LogP contribution in [0.1, 0.15) is 278 Å². The molecule has 346 valence electrons. The molecule has 0 spiro atoms. The molecular formula is C53H98O6. The van der Waals surface area contributed by atoms with Gasteiger partial charge in [0.1, 0.15) is 13.2 Å². The van der Waals surface area contributed by atoms with Gasteiger partial charge in [-0.2, -0.15) is 0 Å². The first-order valence-electron chi connectivity index (χ1n) is 25.8. The molecule has 0 bridgehead atoms. The van der Waals surface area contributed by atoms with Crippen LogP contribution in [0.25, 0.3) is 0 Å². The van der Waals surface area contributed by atoms with Crippen molar-refractivity contribution in [1.82, 2.24) is 0 Å². The molecule has 0 rings (SSSR count). The second-order valence-electron chi connectivity index (χ2n) is 17.4. The standard InChI is InChI=1S/C53H98O6/c1-4-7-10-13-16-19-21-23-25-26-27-29-30-32-34-37-40-43-46-52(55)58-49-50(48-57-51(54)45-42-39-36-18-15-12-9-6-3)59-53(56)47-44-41-38-35-33-31-28-24-22-20-17-14-11-8-5-2/h19,21,25-26,50H,4-18,20,22-24,27-49H2,1-3H3/b21-19-,26-25-. The first-order valence-corrected chi connectivity index (χ1v) is 25.8. The highest BCUT2D eigenvalue weighted by atomic mass is 16.6. The number of hydrogen-bond acceptors (Lipinski definition) is 6. The third-order valence-corrected chi connectivity index (χ3v) is 11.5. The van der Waals surface area contributed by atoms with Gasteiger partial charge in [-0.05, 0) is 51.4 Å². The molecule has 6 nitrogen and oxygen atoms in total. The van der Waals surface area contributed by atoms with Crippen molar-refractivity contribution < 1.29 is 28.6 Å². The predicted octanol–water partition coefficient (Wildman–Crippen LogP) is 16.8. The van der Waals surface area contributed by atoms with Gasteiger partial charge in [-0.3, -0.25) is 14.4 Å². The van der Waals surface area contributed by atoms with Crippen LogP contribution < -0.4 is 0 Å². The molecule has 6 heteroatoms.